The van der Waals surface area contributed by atoms with Gasteiger partial charge in [-0.15, -0.1) is 5.10 Å². The van der Waals surface area contributed by atoms with E-state index in [1.807, 2.05) is 30.3 Å². The molecule has 2 aromatic rings. The maximum absolute atomic E-state index is 6.09. The third-order valence-corrected chi connectivity index (χ3v) is 3.38. The molecule has 0 unspecified atom stereocenters. The molecule has 0 aliphatic carbocycles. The second-order valence-electron chi connectivity index (χ2n) is 5.11. The smallest absolute Gasteiger partial charge is 0.238 e. The summed E-state index contributed by atoms with van der Waals surface area (Å²) in [4.78, 5) is 0. The number of benzene rings is 1. The van der Waals surface area contributed by atoms with Gasteiger partial charge in [0.15, 0.2) is 0 Å². The zero-order valence-corrected chi connectivity index (χ0v) is 13.3. The summed E-state index contributed by atoms with van der Waals surface area (Å²) in [5.41, 5.74) is 1.95. The quantitative estimate of drug-likeness (QED) is 0.877. The minimum Gasteiger partial charge on any atom is -0.438 e. The van der Waals surface area contributed by atoms with Crippen LogP contribution in [0.4, 0.5) is 0 Å². The van der Waals surface area contributed by atoms with E-state index in [1.165, 1.54) is 0 Å². The monoisotopic (exact) mass is 305 g/mol. The zero-order valence-electron chi connectivity index (χ0n) is 12.6. The number of halogens is 1. The third-order valence-electron chi connectivity index (χ3n) is 3.01. The lowest BCUT2D eigenvalue weighted by molar-refractivity contribution is 0.452. The summed E-state index contributed by atoms with van der Waals surface area (Å²) < 4.78 is 5.70. The first-order chi connectivity index (χ1) is 10.1. The number of aromatic nitrogens is 2. The third kappa shape index (κ3) is 4.69. The fraction of sp³-hybridized carbons (Fsp3) is 0.375. The van der Waals surface area contributed by atoms with E-state index in [2.05, 4.69) is 36.3 Å². The number of nitrogens with zero attached hydrogens (tertiary/aromatic N) is 2. The number of nitrogens with one attached hydrogen (secondary N) is 1. The standard InChI is InChI=1S/C16H20ClN3O/c1-4-12-9-14(6-7-15(12)17)21-16-8-5-13(19-20-16)10-18-11(2)3/h5-9,11,18H,4,10H2,1-3H3. The van der Waals surface area contributed by atoms with Gasteiger partial charge < -0.3 is 10.1 Å². The van der Waals surface area contributed by atoms with Crippen molar-refractivity contribution in [1.29, 1.82) is 0 Å². The van der Waals surface area contributed by atoms with Crippen molar-refractivity contribution in [3.8, 4) is 11.6 Å². The minimum absolute atomic E-state index is 0.421. The highest BCUT2D eigenvalue weighted by Gasteiger charge is 2.04. The molecular formula is C16H20ClN3O. The molecule has 2 rings (SSSR count). The summed E-state index contributed by atoms with van der Waals surface area (Å²) in [6.45, 7) is 6.95. The molecule has 0 atom stereocenters. The summed E-state index contributed by atoms with van der Waals surface area (Å²) in [5.74, 6) is 1.20. The fourth-order valence-corrected chi connectivity index (χ4v) is 2.06. The van der Waals surface area contributed by atoms with Gasteiger partial charge in [0.2, 0.25) is 5.88 Å². The van der Waals surface area contributed by atoms with Gasteiger partial charge in [0.05, 0.1) is 5.69 Å². The summed E-state index contributed by atoms with van der Waals surface area (Å²) in [6.07, 6.45) is 0.863. The first kappa shape index (κ1) is 15.7. The van der Waals surface area contributed by atoms with Crippen LogP contribution in [0.2, 0.25) is 5.02 Å². The Morgan fingerprint density at radius 2 is 2.00 bits per heavy atom. The normalized spacial score (nSPS) is 10.9. The predicted molar refractivity (Wildman–Crippen MR) is 84.9 cm³/mol. The van der Waals surface area contributed by atoms with Gasteiger partial charge in [0.25, 0.3) is 0 Å². The van der Waals surface area contributed by atoms with Crippen LogP contribution in [0.3, 0.4) is 0 Å². The SMILES string of the molecule is CCc1cc(Oc2ccc(CNC(C)C)nn2)ccc1Cl. The highest BCUT2D eigenvalue weighted by Crippen LogP contribution is 2.25. The first-order valence-corrected chi connectivity index (χ1v) is 7.48. The van der Waals surface area contributed by atoms with Crippen LogP contribution < -0.4 is 10.1 Å². The number of aryl methyl sites for hydroxylation is 1. The van der Waals surface area contributed by atoms with Crippen LogP contribution in [-0.2, 0) is 13.0 Å². The van der Waals surface area contributed by atoms with Gasteiger partial charge in [-0.2, -0.15) is 5.10 Å². The molecule has 1 N–H and O–H groups in total. The van der Waals surface area contributed by atoms with Crippen LogP contribution in [0.15, 0.2) is 30.3 Å². The highest BCUT2D eigenvalue weighted by molar-refractivity contribution is 6.31. The molecule has 0 saturated heterocycles. The predicted octanol–water partition coefficient (Wildman–Crippen LogP) is 3.98. The van der Waals surface area contributed by atoms with Gasteiger partial charge in [0.1, 0.15) is 5.75 Å². The van der Waals surface area contributed by atoms with E-state index >= 15 is 0 Å². The van der Waals surface area contributed by atoms with Crippen LogP contribution in [0, 0.1) is 0 Å². The molecule has 4 nitrogen and oxygen atoms in total. The lowest BCUT2D eigenvalue weighted by Gasteiger charge is -2.09. The number of ether oxygens (including phenoxy) is 1. The van der Waals surface area contributed by atoms with Crippen molar-refractivity contribution in [2.24, 2.45) is 0 Å². The van der Waals surface area contributed by atoms with Crippen molar-refractivity contribution < 1.29 is 4.74 Å². The van der Waals surface area contributed by atoms with Crippen molar-refractivity contribution in [2.45, 2.75) is 39.8 Å². The Labute approximate surface area is 130 Å². The maximum atomic E-state index is 6.09. The summed E-state index contributed by atoms with van der Waals surface area (Å²) >= 11 is 6.09. The van der Waals surface area contributed by atoms with Crippen molar-refractivity contribution in [2.75, 3.05) is 0 Å². The molecule has 0 radical (unpaired) electrons. The second kappa shape index (κ2) is 7.38. The topological polar surface area (TPSA) is 47.0 Å². The average Bonchev–Trinajstić information content (AvgIpc) is 2.48. The lowest BCUT2D eigenvalue weighted by Crippen LogP contribution is -2.22. The Morgan fingerprint density at radius 3 is 2.62 bits per heavy atom. The van der Waals surface area contributed by atoms with Crippen LogP contribution in [0.25, 0.3) is 0 Å². The van der Waals surface area contributed by atoms with E-state index < -0.39 is 0 Å². The summed E-state index contributed by atoms with van der Waals surface area (Å²) in [7, 11) is 0. The molecule has 0 fully saturated rings. The van der Waals surface area contributed by atoms with E-state index in [0.717, 1.165) is 28.5 Å². The number of hydrogen-bond donors (Lipinski definition) is 1. The van der Waals surface area contributed by atoms with Crippen LogP contribution in [0.1, 0.15) is 32.0 Å². The van der Waals surface area contributed by atoms with Gasteiger partial charge in [-0.25, -0.2) is 0 Å². The number of hydrogen-bond acceptors (Lipinski definition) is 4. The van der Waals surface area contributed by atoms with Gasteiger partial charge in [-0.05, 0) is 36.2 Å². The molecule has 0 aliphatic heterocycles. The van der Waals surface area contributed by atoms with Crippen LogP contribution in [0.5, 0.6) is 11.6 Å². The van der Waals surface area contributed by atoms with Crippen LogP contribution >= 0.6 is 11.6 Å². The van der Waals surface area contributed by atoms with E-state index in [4.69, 9.17) is 16.3 Å². The molecule has 5 heteroatoms. The van der Waals surface area contributed by atoms with Crippen LogP contribution in [-0.4, -0.2) is 16.2 Å². The zero-order chi connectivity index (χ0) is 15.2. The molecule has 0 saturated carbocycles. The van der Waals surface area contributed by atoms with Crippen molar-refractivity contribution in [3.63, 3.8) is 0 Å². The molecule has 112 valence electrons. The largest absolute Gasteiger partial charge is 0.438 e. The first-order valence-electron chi connectivity index (χ1n) is 7.10. The molecule has 0 bridgehead atoms. The molecular weight excluding hydrogens is 286 g/mol. The van der Waals surface area contributed by atoms with Gasteiger partial charge in [-0.1, -0.05) is 32.4 Å². The van der Waals surface area contributed by atoms with Crippen molar-refractivity contribution in [1.82, 2.24) is 15.5 Å². The van der Waals surface area contributed by atoms with Gasteiger partial charge in [0, 0.05) is 23.7 Å². The molecule has 0 spiro atoms. The maximum Gasteiger partial charge on any atom is 0.238 e. The summed E-state index contributed by atoms with van der Waals surface area (Å²) in [5, 5.41) is 12.3. The molecule has 0 amide bonds. The molecule has 1 aromatic heterocycles. The molecule has 0 aliphatic rings. The van der Waals surface area contributed by atoms with E-state index in [0.29, 0.717) is 18.5 Å². The van der Waals surface area contributed by atoms with Gasteiger partial charge in [-0.3, -0.25) is 0 Å². The van der Waals surface area contributed by atoms with Gasteiger partial charge >= 0.3 is 0 Å². The van der Waals surface area contributed by atoms with E-state index in [9.17, 15) is 0 Å². The molecule has 1 aromatic carbocycles. The molecule has 1 heterocycles. The minimum atomic E-state index is 0.421. The Hall–Kier alpha value is -1.65. The molecule has 21 heavy (non-hydrogen) atoms. The van der Waals surface area contributed by atoms with E-state index in [1.54, 1.807) is 0 Å². The van der Waals surface area contributed by atoms with Crippen molar-refractivity contribution in [3.05, 3.63) is 46.6 Å². The Bertz CT molecular complexity index is 585. The van der Waals surface area contributed by atoms with E-state index in [-0.39, 0.29) is 0 Å². The van der Waals surface area contributed by atoms with Crippen molar-refractivity contribution >= 4 is 11.6 Å². The second-order valence-corrected chi connectivity index (χ2v) is 5.51. The Morgan fingerprint density at radius 1 is 1.19 bits per heavy atom. The summed E-state index contributed by atoms with van der Waals surface area (Å²) in [6, 6.07) is 9.75. The average molecular weight is 306 g/mol. The fourth-order valence-electron chi connectivity index (χ4n) is 1.81. The number of rotatable bonds is 6. The Kier molecular flexibility index (Phi) is 5.53. The highest BCUT2D eigenvalue weighted by atomic mass is 35.5. The lowest BCUT2D eigenvalue weighted by atomic mass is 10.1. The Balaban J connectivity index is 2.03.